The van der Waals surface area contributed by atoms with Crippen LogP contribution < -0.4 is 19.5 Å². The van der Waals surface area contributed by atoms with Gasteiger partial charge in [-0.05, 0) is 60.2 Å². The molecule has 0 aliphatic heterocycles. The number of esters is 1. The number of amides is 1. The summed E-state index contributed by atoms with van der Waals surface area (Å²) in [4.78, 5) is 24.5. The number of carbonyl (C=O) groups excluding carboxylic acids is 2. The highest BCUT2D eigenvalue weighted by Crippen LogP contribution is 2.25. The zero-order chi connectivity index (χ0) is 23.6. The SMILES string of the molecule is COc1ccc(NC(=O)c2ccc(COC(=O)C=Cc3ccc(OC)cc3OC)cc2)cc1. The van der Waals surface area contributed by atoms with Gasteiger partial charge in [0, 0.05) is 29.0 Å². The highest BCUT2D eigenvalue weighted by molar-refractivity contribution is 6.04. The molecule has 0 saturated heterocycles. The molecule has 3 aromatic carbocycles. The van der Waals surface area contributed by atoms with Crippen molar-refractivity contribution in [3.63, 3.8) is 0 Å². The van der Waals surface area contributed by atoms with Crippen LogP contribution in [0.5, 0.6) is 17.2 Å². The van der Waals surface area contributed by atoms with Crippen molar-refractivity contribution in [1.82, 2.24) is 0 Å². The van der Waals surface area contributed by atoms with Crippen LogP contribution in [-0.2, 0) is 16.1 Å². The molecule has 0 aliphatic carbocycles. The first-order valence-electron chi connectivity index (χ1n) is 10.1. The van der Waals surface area contributed by atoms with Gasteiger partial charge in [0.2, 0.25) is 0 Å². The fourth-order valence-electron chi connectivity index (χ4n) is 2.95. The molecule has 0 aliphatic rings. The Morgan fingerprint density at radius 2 is 1.48 bits per heavy atom. The second-order valence-corrected chi connectivity index (χ2v) is 6.93. The van der Waals surface area contributed by atoms with Crippen LogP contribution in [-0.4, -0.2) is 33.2 Å². The Balaban J connectivity index is 1.53. The van der Waals surface area contributed by atoms with Crippen LogP contribution in [0.2, 0.25) is 0 Å². The lowest BCUT2D eigenvalue weighted by Crippen LogP contribution is -2.11. The Morgan fingerprint density at radius 1 is 0.818 bits per heavy atom. The topological polar surface area (TPSA) is 83.1 Å². The van der Waals surface area contributed by atoms with Gasteiger partial charge >= 0.3 is 5.97 Å². The molecular weight excluding hydrogens is 422 g/mol. The van der Waals surface area contributed by atoms with Gasteiger partial charge in [-0.25, -0.2) is 4.79 Å². The Bertz CT molecular complexity index is 1120. The molecule has 0 fully saturated rings. The summed E-state index contributed by atoms with van der Waals surface area (Å²) < 4.78 is 20.9. The molecule has 3 aromatic rings. The normalized spacial score (nSPS) is 10.5. The molecule has 1 N–H and O–H groups in total. The second-order valence-electron chi connectivity index (χ2n) is 6.93. The average Bonchev–Trinajstić information content (AvgIpc) is 2.86. The van der Waals surface area contributed by atoms with Gasteiger partial charge in [0.25, 0.3) is 5.91 Å². The van der Waals surface area contributed by atoms with E-state index < -0.39 is 5.97 Å². The molecule has 1 amide bonds. The molecule has 0 aromatic heterocycles. The molecule has 33 heavy (non-hydrogen) atoms. The number of rotatable bonds is 9. The number of anilines is 1. The van der Waals surface area contributed by atoms with Gasteiger partial charge in [-0.1, -0.05) is 12.1 Å². The van der Waals surface area contributed by atoms with E-state index in [1.165, 1.54) is 6.08 Å². The summed E-state index contributed by atoms with van der Waals surface area (Å²) in [5.41, 5.74) is 2.65. The van der Waals surface area contributed by atoms with Gasteiger partial charge in [-0.15, -0.1) is 0 Å². The smallest absolute Gasteiger partial charge is 0.331 e. The summed E-state index contributed by atoms with van der Waals surface area (Å²) in [6.07, 6.45) is 2.95. The number of carbonyl (C=O) groups is 2. The number of nitrogens with one attached hydrogen (secondary N) is 1. The number of benzene rings is 3. The van der Waals surface area contributed by atoms with E-state index in [1.54, 1.807) is 94.1 Å². The Morgan fingerprint density at radius 3 is 2.12 bits per heavy atom. The van der Waals surface area contributed by atoms with Crippen LogP contribution in [0.4, 0.5) is 5.69 Å². The summed E-state index contributed by atoms with van der Waals surface area (Å²) in [5.74, 6) is 1.23. The lowest BCUT2D eigenvalue weighted by Gasteiger charge is -2.08. The second kappa shape index (κ2) is 11.4. The van der Waals surface area contributed by atoms with Gasteiger partial charge in [0.05, 0.1) is 21.3 Å². The van der Waals surface area contributed by atoms with Crippen molar-refractivity contribution in [1.29, 1.82) is 0 Å². The third kappa shape index (κ3) is 6.61. The van der Waals surface area contributed by atoms with E-state index in [2.05, 4.69) is 5.32 Å². The monoisotopic (exact) mass is 447 g/mol. The van der Waals surface area contributed by atoms with E-state index in [0.29, 0.717) is 28.5 Å². The predicted octanol–water partition coefficient (Wildman–Crippen LogP) is 4.72. The summed E-state index contributed by atoms with van der Waals surface area (Å²) in [6.45, 7) is 0.0866. The van der Waals surface area contributed by atoms with Crippen molar-refractivity contribution < 1.29 is 28.5 Å². The largest absolute Gasteiger partial charge is 0.497 e. The van der Waals surface area contributed by atoms with E-state index in [4.69, 9.17) is 18.9 Å². The van der Waals surface area contributed by atoms with Gasteiger partial charge in [-0.3, -0.25) is 4.79 Å². The van der Waals surface area contributed by atoms with Gasteiger partial charge in [0.1, 0.15) is 23.9 Å². The fraction of sp³-hybridized carbons (Fsp3) is 0.154. The molecule has 7 heteroatoms. The molecule has 0 unspecified atom stereocenters. The molecular formula is C26H25NO6. The van der Waals surface area contributed by atoms with Crippen LogP contribution >= 0.6 is 0 Å². The van der Waals surface area contributed by atoms with Crippen LogP contribution in [0.3, 0.4) is 0 Å². The predicted molar refractivity (Wildman–Crippen MR) is 126 cm³/mol. The Labute approximate surface area is 192 Å². The summed E-state index contributed by atoms with van der Waals surface area (Å²) in [7, 11) is 4.70. The quantitative estimate of drug-likeness (QED) is 0.378. The third-order valence-corrected chi connectivity index (χ3v) is 4.78. The minimum atomic E-state index is -0.491. The van der Waals surface area contributed by atoms with Gasteiger partial charge < -0.3 is 24.3 Å². The van der Waals surface area contributed by atoms with Crippen molar-refractivity contribution in [3.05, 3.63) is 89.5 Å². The zero-order valence-electron chi connectivity index (χ0n) is 18.7. The van der Waals surface area contributed by atoms with Gasteiger partial charge in [0.15, 0.2) is 0 Å². The van der Waals surface area contributed by atoms with Crippen LogP contribution in [0.15, 0.2) is 72.8 Å². The van der Waals surface area contributed by atoms with E-state index in [-0.39, 0.29) is 12.5 Å². The molecule has 170 valence electrons. The molecule has 0 atom stereocenters. The highest BCUT2D eigenvalue weighted by atomic mass is 16.5. The Kier molecular flexibility index (Phi) is 8.07. The van der Waals surface area contributed by atoms with Crippen molar-refractivity contribution in [2.24, 2.45) is 0 Å². The van der Waals surface area contributed by atoms with Crippen LogP contribution in [0.1, 0.15) is 21.5 Å². The number of ether oxygens (including phenoxy) is 4. The average molecular weight is 447 g/mol. The van der Waals surface area contributed by atoms with Crippen molar-refractivity contribution in [2.45, 2.75) is 6.61 Å². The molecule has 0 heterocycles. The molecule has 0 saturated carbocycles. The number of methoxy groups -OCH3 is 3. The molecule has 3 rings (SSSR count). The fourth-order valence-corrected chi connectivity index (χ4v) is 2.95. The molecule has 7 nitrogen and oxygen atoms in total. The van der Waals surface area contributed by atoms with Crippen molar-refractivity contribution in [2.75, 3.05) is 26.6 Å². The van der Waals surface area contributed by atoms with E-state index in [1.807, 2.05) is 0 Å². The summed E-state index contributed by atoms with van der Waals surface area (Å²) in [5, 5.41) is 2.82. The number of hydrogen-bond acceptors (Lipinski definition) is 6. The van der Waals surface area contributed by atoms with Crippen LogP contribution in [0, 0.1) is 0 Å². The lowest BCUT2D eigenvalue weighted by atomic mass is 10.1. The molecule has 0 radical (unpaired) electrons. The van der Waals surface area contributed by atoms with E-state index >= 15 is 0 Å². The maximum atomic E-state index is 12.4. The first kappa shape index (κ1) is 23.4. The summed E-state index contributed by atoms with van der Waals surface area (Å²) >= 11 is 0. The number of hydrogen-bond donors (Lipinski definition) is 1. The molecule has 0 spiro atoms. The maximum absolute atomic E-state index is 12.4. The third-order valence-electron chi connectivity index (χ3n) is 4.78. The maximum Gasteiger partial charge on any atom is 0.331 e. The minimum absolute atomic E-state index is 0.0866. The standard InChI is InChI=1S/C26H25NO6/c1-30-22-13-10-21(11-14-22)27-26(29)20-6-4-18(5-7-20)17-33-25(28)15-9-19-8-12-23(31-2)16-24(19)32-3/h4-16H,17H2,1-3H3,(H,27,29). The first-order valence-corrected chi connectivity index (χ1v) is 10.1. The zero-order valence-corrected chi connectivity index (χ0v) is 18.7. The highest BCUT2D eigenvalue weighted by Gasteiger charge is 2.08. The minimum Gasteiger partial charge on any atom is -0.497 e. The first-order chi connectivity index (χ1) is 16.0. The van der Waals surface area contributed by atoms with Crippen LogP contribution in [0.25, 0.3) is 6.08 Å². The Hall–Kier alpha value is -4.26. The van der Waals surface area contributed by atoms with Gasteiger partial charge in [-0.2, -0.15) is 0 Å². The van der Waals surface area contributed by atoms with E-state index in [0.717, 1.165) is 11.1 Å². The van der Waals surface area contributed by atoms with E-state index in [9.17, 15) is 9.59 Å². The van der Waals surface area contributed by atoms with Crippen molar-refractivity contribution in [3.8, 4) is 17.2 Å². The summed E-state index contributed by atoms with van der Waals surface area (Å²) in [6, 6.07) is 19.2. The lowest BCUT2D eigenvalue weighted by molar-refractivity contribution is -0.138. The van der Waals surface area contributed by atoms with Crippen molar-refractivity contribution >= 4 is 23.6 Å². The molecule has 0 bridgehead atoms.